The molecule has 0 saturated heterocycles. The molecular weight excluding hydrogens is 485 g/mol. The van der Waals surface area contributed by atoms with Crippen molar-refractivity contribution in [3.8, 4) is 5.75 Å². The maximum absolute atomic E-state index is 12.8. The summed E-state index contributed by atoms with van der Waals surface area (Å²) < 4.78 is 45.5. The van der Waals surface area contributed by atoms with E-state index in [1.807, 2.05) is 35.7 Å². The predicted molar refractivity (Wildman–Crippen MR) is 135 cm³/mol. The normalized spacial score (nSPS) is 17.6. The van der Waals surface area contributed by atoms with Gasteiger partial charge in [0.05, 0.1) is 12.0 Å². The zero-order valence-electron chi connectivity index (χ0n) is 19.4. The molecule has 3 nitrogen and oxygen atoms in total. The maximum atomic E-state index is 12.8. The standard InChI is InChI=1S/C29H25F3O3S/c30-29(31,32)23-7-5-18(6-8-23)11-19-12-21(13-19)25-4-2-1-3-20(25)16-35-24-9-10-26-22(14-28(33)34)17-36-27(26)15-24/h1-10,15,17,19,21H,11-14,16H2,(H,33,34). The third-order valence-electron chi connectivity index (χ3n) is 6.90. The molecule has 1 aromatic heterocycles. The van der Waals surface area contributed by atoms with Crippen molar-refractivity contribution < 1.29 is 27.8 Å². The Bertz CT molecular complexity index is 1370. The number of hydrogen-bond donors (Lipinski definition) is 1. The summed E-state index contributed by atoms with van der Waals surface area (Å²) in [5, 5.41) is 11.9. The molecule has 186 valence electrons. The highest BCUT2D eigenvalue weighted by molar-refractivity contribution is 7.17. The van der Waals surface area contributed by atoms with Gasteiger partial charge in [0, 0.05) is 4.70 Å². The summed E-state index contributed by atoms with van der Waals surface area (Å²) >= 11 is 1.52. The molecule has 36 heavy (non-hydrogen) atoms. The van der Waals surface area contributed by atoms with Crippen LogP contribution in [0.15, 0.2) is 72.1 Å². The molecule has 1 saturated carbocycles. The van der Waals surface area contributed by atoms with E-state index in [2.05, 4.69) is 12.1 Å². The zero-order valence-corrected chi connectivity index (χ0v) is 20.2. The molecule has 4 aromatic rings. The lowest BCUT2D eigenvalue weighted by molar-refractivity contribution is -0.138. The second-order valence-corrected chi connectivity index (χ2v) is 10.3. The molecule has 0 amide bonds. The number of carbonyl (C=O) groups is 1. The van der Waals surface area contributed by atoms with Crippen LogP contribution in [0, 0.1) is 5.92 Å². The summed E-state index contributed by atoms with van der Waals surface area (Å²) in [6, 6.07) is 19.5. The van der Waals surface area contributed by atoms with E-state index < -0.39 is 17.7 Å². The number of ether oxygens (including phenoxy) is 1. The number of benzene rings is 3. The minimum atomic E-state index is -4.30. The highest BCUT2D eigenvalue weighted by Crippen LogP contribution is 2.44. The predicted octanol–water partition coefficient (Wildman–Crippen LogP) is 7.86. The number of thiophene rings is 1. The molecule has 5 rings (SSSR count). The van der Waals surface area contributed by atoms with Crippen molar-refractivity contribution in [3.63, 3.8) is 0 Å². The summed E-state index contributed by atoms with van der Waals surface area (Å²) in [6.45, 7) is 0.440. The SMILES string of the molecule is O=C(O)Cc1csc2cc(OCc3ccccc3C3CC(Cc4ccc(C(F)(F)F)cc4)C3)ccc12. The number of aliphatic carboxylic acids is 1. The van der Waals surface area contributed by atoms with Crippen LogP contribution in [-0.4, -0.2) is 11.1 Å². The molecule has 1 N–H and O–H groups in total. The van der Waals surface area contributed by atoms with Crippen molar-refractivity contribution in [2.24, 2.45) is 5.92 Å². The summed E-state index contributed by atoms with van der Waals surface area (Å²) in [5.74, 6) is 0.781. The van der Waals surface area contributed by atoms with Crippen molar-refractivity contribution in [1.29, 1.82) is 0 Å². The fraction of sp³-hybridized carbons (Fsp3) is 0.276. The number of carboxylic acids is 1. The molecule has 7 heteroatoms. The Morgan fingerprint density at radius 3 is 2.47 bits per heavy atom. The highest BCUT2D eigenvalue weighted by atomic mass is 32.1. The van der Waals surface area contributed by atoms with Crippen molar-refractivity contribution in [2.75, 3.05) is 0 Å². The average Bonchev–Trinajstić information content (AvgIpc) is 3.21. The van der Waals surface area contributed by atoms with E-state index in [0.29, 0.717) is 18.4 Å². The molecule has 3 aromatic carbocycles. The number of rotatable bonds is 8. The van der Waals surface area contributed by atoms with Gasteiger partial charge in [-0.25, -0.2) is 0 Å². The smallest absolute Gasteiger partial charge is 0.416 e. The molecule has 0 bridgehead atoms. The molecule has 1 aliphatic rings. The fourth-order valence-electron chi connectivity index (χ4n) is 5.00. The van der Waals surface area contributed by atoms with Crippen LogP contribution in [0.4, 0.5) is 13.2 Å². The van der Waals surface area contributed by atoms with Crippen LogP contribution in [0.5, 0.6) is 5.75 Å². The van der Waals surface area contributed by atoms with Crippen LogP contribution >= 0.6 is 11.3 Å². The molecule has 0 spiro atoms. The van der Waals surface area contributed by atoms with Crippen LogP contribution < -0.4 is 4.74 Å². The minimum Gasteiger partial charge on any atom is -0.489 e. The fourth-order valence-corrected chi connectivity index (χ4v) is 5.99. The van der Waals surface area contributed by atoms with Gasteiger partial charge in [0.25, 0.3) is 0 Å². The van der Waals surface area contributed by atoms with Crippen LogP contribution in [0.2, 0.25) is 0 Å². The third-order valence-corrected chi connectivity index (χ3v) is 7.89. The summed E-state index contributed by atoms with van der Waals surface area (Å²) in [5.41, 5.74) is 3.55. The largest absolute Gasteiger partial charge is 0.489 e. The molecule has 0 aliphatic heterocycles. The minimum absolute atomic E-state index is 0.00876. The van der Waals surface area contributed by atoms with Crippen LogP contribution in [0.25, 0.3) is 10.1 Å². The topological polar surface area (TPSA) is 46.5 Å². The van der Waals surface area contributed by atoms with Gasteiger partial charge in [0.15, 0.2) is 0 Å². The van der Waals surface area contributed by atoms with Crippen molar-refractivity contribution in [3.05, 3.63) is 99.9 Å². The summed E-state index contributed by atoms with van der Waals surface area (Å²) in [4.78, 5) is 11.1. The lowest BCUT2D eigenvalue weighted by atomic mass is 9.68. The Kier molecular flexibility index (Phi) is 6.75. The lowest BCUT2D eigenvalue weighted by Crippen LogP contribution is -2.25. The summed E-state index contributed by atoms with van der Waals surface area (Å²) in [6.07, 6.45) is -1.49. The van der Waals surface area contributed by atoms with E-state index in [-0.39, 0.29) is 6.42 Å². The molecule has 1 aliphatic carbocycles. The molecule has 0 radical (unpaired) electrons. The first-order valence-electron chi connectivity index (χ1n) is 11.8. The van der Waals surface area contributed by atoms with Gasteiger partial charge in [-0.3, -0.25) is 4.79 Å². The van der Waals surface area contributed by atoms with Crippen LogP contribution in [0.3, 0.4) is 0 Å². The Hall–Kier alpha value is -3.32. The van der Waals surface area contributed by atoms with Gasteiger partial charge < -0.3 is 9.84 Å². The van der Waals surface area contributed by atoms with Crippen LogP contribution in [-0.2, 0) is 30.4 Å². The molecule has 1 heterocycles. The number of alkyl halides is 3. The van der Waals surface area contributed by atoms with E-state index in [1.165, 1.54) is 29.0 Å². The number of halogens is 3. The highest BCUT2D eigenvalue weighted by Gasteiger charge is 2.33. The van der Waals surface area contributed by atoms with Gasteiger partial charge in [0.1, 0.15) is 12.4 Å². The Balaban J connectivity index is 1.19. The number of fused-ring (bicyclic) bond motifs is 1. The second kappa shape index (κ2) is 9.97. The molecule has 1 fully saturated rings. The van der Waals surface area contributed by atoms with E-state index in [9.17, 15) is 18.0 Å². The second-order valence-electron chi connectivity index (χ2n) is 9.41. The van der Waals surface area contributed by atoms with E-state index >= 15 is 0 Å². The monoisotopic (exact) mass is 510 g/mol. The van der Waals surface area contributed by atoms with E-state index in [0.717, 1.165) is 51.8 Å². The summed E-state index contributed by atoms with van der Waals surface area (Å²) in [7, 11) is 0. The molecule has 0 unspecified atom stereocenters. The molecule has 0 atom stereocenters. The Morgan fingerprint density at radius 1 is 1.00 bits per heavy atom. The van der Waals surface area contributed by atoms with Gasteiger partial charge in [0.2, 0.25) is 0 Å². The molecular formula is C29H25F3O3S. The van der Waals surface area contributed by atoms with Gasteiger partial charge in [-0.2, -0.15) is 13.2 Å². The first-order chi connectivity index (χ1) is 17.3. The van der Waals surface area contributed by atoms with E-state index in [1.54, 1.807) is 12.1 Å². The van der Waals surface area contributed by atoms with Crippen LogP contribution in [0.1, 0.15) is 46.6 Å². The van der Waals surface area contributed by atoms with Gasteiger partial charge in [-0.15, -0.1) is 11.3 Å². The van der Waals surface area contributed by atoms with Gasteiger partial charge in [-0.1, -0.05) is 36.4 Å². The average molecular weight is 511 g/mol. The quantitative estimate of drug-likeness (QED) is 0.262. The van der Waals surface area contributed by atoms with Crippen molar-refractivity contribution >= 4 is 27.4 Å². The van der Waals surface area contributed by atoms with Gasteiger partial charge >= 0.3 is 12.1 Å². The first-order valence-corrected chi connectivity index (χ1v) is 12.7. The maximum Gasteiger partial charge on any atom is 0.416 e. The Morgan fingerprint density at radius 2 is 1.75 bits per heavy atom. The Labute approximate surface area is 211 Å². The van der Waals surface area contributed by atoms with E-state index in [4.69, 9.17) is 9.84 Å². The number of hydrogen-bond acceptors (Lipinski definition) is 3. The van der Waals surface area contributed by atoms with Crippen molar-refractivity contribution in [2.45, 2.75) is 44.4 Å². The van der Waals surface area contributed by atoms with Crippen molar-refractivity contribution in [1.82, 2.24) is 0 Å². The first kappa shape index (κ1) is 24.4. The lowest BCUT2D eigenvalue weighted by Gasteiger charge is -2.37. The van der Waals surface area contributed by atoms with Gasteiger partial charge in [-0.05, 0) is 94.5 Å². The number of carboxylic acid groups (broad SMARTS) is 1. The zero-order chi connectivity index (χ0) is 25.3. The third kappa shape index (κ3) is 5.41.